The Morgan fingerprint density at radius 2 is 2.12 bits per heavy atom. The van der Waals surface area contributed by atoms with Gasteiger partial charge < -0.3 is 4.74 Å². The molecule has 0 aromatic heterocycles. The molecule has 1 rings (SSSR count). The van der Waals surface area contributed by atoms with Crippen LogP contribution in [0.1, 0.15) is 53.4 Å². The molecule has 3 N–H and O–H groups in total. The highest BCUT2D eigenvalue weighted by Gasteiger charge is 2.34. The van der Waals surface area contributed by atoms with E-state index in [0.29, 0.717) is 0 Å². The van der Waals surface area contributed by atoms with Crippen LogP contribution in [-0.2, 0) is 4.74 Å². The van der Waals surface area contributed by atoms with Crippen molar-refractivity contribution in [3.63, 3.8) is 0 Å². The van der Waals surface area contributed by atoms with E-state index in [1.54, 1.807) is 0 Å². The van der Waals surface area contributed by atoms with Gasteiger partial charge in [-0.3, -0.25) is 11.3 Å². The van der Waals surface area contributed by atoms with Crippen LogP contribution in [0.25, 0.3) is 0 Å². The van der Waals surface area contributed by atoms with E-state index in [-0.39, 0.29) is 17.6 Å². The van der Waals surface area contributed by atoms with Crippen LogP contribution in [0.4, 0.5) is 0 Å². The number of ether oxygens (including phenoxy) is 1. The minimum Gasteiger partial charge on any atom is -0.376 e. The maximum absolute atomic E-state index is 5.93. The first-order valence-electron chi connectivity index (χ1n) is 6.77. The maximum Gasteiger partial charge on any atom is 0.0827 e. The molecule has 17 heavy (non-hydrogen) atoms. The highest BCUT2D eigenvalue weighted by molar-refractivity contribution is 5.16. The van der Waals surface area contributed by atoms with Gasteiger partial charge in [0, 0.05) is 6.61 Å². The van der Waals surface area contributed by atoms with Gasteiger partial charge in [-0.2, -0.15) is 0 Å². The van der Waals surface area contributed by atoms with Crippen molar-refractivity contribution >= 4 is 0 Å². The number of allylic oxidation sites excluding steroid dienone is 1. The fraction of sp³-hybridized carbons (Fsp3) is 0.857. The van der Waals surface area contributed by atoms with E-state index < -0.39 is 0 Å². The van der Waals surface area contributed by atoms with Crippen molar-refractivity contribution in [2.45, 2.75) is 65.5 Å². The van der Waals surface area contributed by atoms with Crippen molar-refractivity contribution in [2.24, 2.45) is 11.3 Å². The van der Waals surface area contributed by atoms with Crippen LogP contribution >= 0.6 is 0 Å². The first-order chi connectivity index (χ1) is 8.00. The van der Waals surface area contributed by atoms with Crippen molar-refractivity contribution in [2.75, 3.05) is 6.61 Å². The zero-order valence-corrected chi connectivity index (χ0v) is 11.8. The summed E-state index contributed by atoms with van der Waals surface area (Å²) in [6, 6.07) is 0.148. The molecule has 1 aliphatic rings. The normalized spacial score (nSPS) is 20.9. The first-order valence-corrected chi connectivity index (χ1v) is 6.77. The average Bonchev–Trinajstić information content (AvgIpc) is 2.29. The summed E-state index contributed by atoms with van der Waals surface area (Å²) in [5.41, 5.74) is 4.48. The summed E-state index contributed by atoms with van der Waals surface area (Å²) in [5.74, 6) is 5.76. The lowest BCUT2D eigenvalue weighted by Crippen LogP contribution is -2.52. The SMILES string of the molecule is CCOC(C(NN)C1=CCCCC1)C(C)(C)C. The van der Waals surface area contributed by atoms with Gasteiger partial charge >= 0.3 is 0 Å². The Balaban J connectivity index is 2.84. The third kappa shape index (κ3) is 4.09. The first kappa shape index (κ1) is 14.7. The maximum atomic E-state index is 5.93. The van der Waals surface area contributed by atoms with Crippen molar-refractivity contribution in [1.82, 2.24) is 5.43 Å². The summed E-state index contributed by atoms with van der Waals surface area (Å²) in [6.07, 6.45) is 7.36. The standard InChI is InChI=1S/C14H28N2O/c1-5-17-13(14(2,3)4)12(16-15)11-9-7-6-8-10-11/h9,12-13,16H,5-8,10,15H2,1-4H3. The second-order valence-corrected chi connectivity index (χ2v) is 5.91. The lowest BCUT2D eigenvalue weighted by Gasteiger charge is -2.38. The van der Waals surface area contributed by atoms with Gasteiger partial charge in [-0.15, -0.1) is 0 Å². The molecular formula is C14H28N2O. The molecule has 0 amide bonds. The highest BCUT2D eigenvalue weighted by atomic mass is 16.5. The van der Waals surface area contributed by atoms with Crippen molar-refractivity contribution in [1.29, 1.82) is 0 Å². The monoisotopic (exact) mass is 240 g/mol. The van der Waals surface area contributed by atoms with Gasteiger partial charge in [-0.05, 0) is 38.0 Å². The molecule has 0 bridgehead atoms. The van der Waals surface area contributed by atoms with Gasteiger partial charge in [0.05, 0.1) is 12.1 Å². The predicted octanol–water partition coefficient (Wildman–Crippen LogP) is 2.77. The molecule has 0 saturated carbocycles. The number of rotatable bonds is 5. The van der Waals surface area contributed by atoms with Crippen LogP contribution in [0.5, 0.6) is 0 Å². The molecule has 2 unspecified atom stereocenters. The van der Waals surface area contributed by atoms with E-state index in [1.807, 2.05) is 6.92 Å². The average molecular weight is 240 g/mol. The molecule has 0 fully saturated rings. The van der Waals surface area contributed by atoms with Gasteiger partial charge in [0.15, 0.2) is 0 Å². The Morgan fingerprint density at radius 3 is 2.53 bits per heavy atom. The third-order valence-corrected chi connectivity index (χ3v) is 3.41. The van der Waals surface area contributed by atoms with Crippen LogP contribution in [0.15, 0.2) is 11.6 Å². The molecule has 2 atom stereocenters. The Bertz CT molecular complexity index is 255. The number of nitrogens with two attached hydrogens (primary N) is 1. The molecular weight excluding hydrogens is 212 g/mol. The fourth-order valence-corrected chi connectivity index (χ4v) is 2.56. The van der Waals surface area contributed by atoms with E-state index in [4.69, 9.17) is 10.6 Å². The van der Waals surface area contributed by atoms with Gasteiger partial charge in [-0.25, -0.2) is 0 Å². The van der Waals surface area contributed by atoms with E-state index in [1.165, 1.54) is 24.8 Å². The molecule has 0 heterocycles. The van der Waals surface area contributed by atoms with E-state index in [9.17, 15) is 0 Å². The van der Waals surface area contributed by atoms with E-state index >= 15 is 0 Å². The van der Waals surface area contributed by atoms with Crippen molar-refractivity contribution in [3.05, 3.63) is 11.6 Å². The minimum atomic E-state index is 0.0886. The number of hydrogen-bond donors (Lipinski definition) is 2. The quantitative estimate of drug-likeness (QED) is 0.441. The Labute approximate surface area is 106 Å². The summed E-state index contributed by atoms with van der Waals surface area (Å²) >= 11 is 0. The molecule has 0 aromatic carbocycles. The van der Waals surface area contributed by atoms with Crippen molar-refractivity contribution in [3.8, 4) is 0 Å². The van der Waals surface area contributed by atoms with Crippen molar-refractivity contribution < 1.29 is 4.74 Å². The van der Waals surface area contributed by atoms with Gasteiger partial charge in [-0.1, -0.05) is 32.4 Å². The second-order valence-electron chi connectivity index (χ2n) is 5.91. The molecule has 0 saturated heterocycles. The summed E-state index contributed by atoms with van der Waals surface area (Å²) in [4.78, 5) is 0. The number of hydrazine groups is 1. The summed E-state index contributed by atoms with van der Waals surface area (Å²) < 4.78 is 5.93. The zero-order chi connectivity index (χ0) is 12.9. The molecule has 3 heteroatoms. The second kappa shape index (κ2) is 6.53. The predicted molar refractivity (Wildman–Crippen MR) is 72.5 cm³/mol. The van der Waals surface area contributed by atoms with E-state index in [0.717, 1.165) is 13.0 Å². The molecule has 3 nitrogen and oxygen atoms in total. The van der Waals surface area contributed by atoms with Gasteiger partial charge in [0.25, 0.3) is 0 Å². The lowest BCUT2D eigenvalue weighted by atomic mass is 9.79. The van der Waals surface area contributed by atoms with Crippen LogP contribution in [0.3, 0.4) is 0 Å². The topological polar surface area (TPSA) is 47.3 Å². The largest absolute Gasteiger partial charge is 0.376 e. The highest BCUT2D eigenvalue weighted by Crippen LogP contribution is 2.31. The van der Waals surface area contributed by atoms with Gasteiger partial charge in [0.1, 0.15) is 0 Å². The van der Waals surface area contributed by atoms with Crippen LogP contribution in [-0.4, -0.2) is 18.8 Å². The smallest absolute Gasteiger partial charge is 0.0827 e. The van der Waals surface area contributed by atoms with Crippen LogP contribution < -0.4 is 11.3 Å². The molecule has 0 radical (unpaired) electrons. The summed E-state index contributed by atoms with van der Waals surface area (Å²) in [6.45, 7) is 9.40. The van der Waals surface area contributed by atoms with Gasteiger partial charge in [0.2, 0.25) is 0 Å². The molecule has 100 valence electrons. The molecule has 0 spiro atoms. The summed E-state index contributed by atoms with van der Waals surface area (Å²) in [5, 5.41) is 0. The molecule has 0 aromatic rings. The zero-order valence-electron chi connectivity index (χ0n) is 11.8. The van der Waals surface area contributed by atoms with Crippen LogP contribution in [0.2, 0.25) is 0 Å². The minimum absolute atomic E-state index is 0.0886. The Kier molecular flexibility index (Phi) is 5.63. The lowest BCUT2D eigenvalue weighted by molar-refractivity contribution is -0.0288. The molecule has 0 aliphatic heterocycles. The third-order valence-electron chi connectivity index (χ3n) is 3.41. The summed E-state index contributed by atoms with van der Waals surface area (Å²) in [7, 11) is 0. The number of nitrogens with one attached hydrogen (secondary N) is 1. The van der Waals surface area contributed by atoms with Crippen LogP contribution in [0, 0.1) is 5.41 Å². The van der Waals surface area contributed by atoms with E-state index in [2.05, 4.69) is 32.3 Å². The molecule has 1 aliphatic carbocycles. The number of hydrogen-bond acceptors (Lipinski definition) is 3. The Morgan fingerprint density at radius 1 is 1.41 bits per heavy atom. The Hall–Kier alpha value is -0.380. The fourth-order valence-electron chi connectivity index (χ4n) is 2.56.